The summed E-state index contributed by atoms with van der Waals surface area (Å²) in [5.74, 6) is 0.0364. The number of rotatable bonds is 4. The Balaban J connectivity index is 2.13. The fourth-order valence-corrected chi connectivity index (χ4v) is 2.12. The number of aromatic nitrogens is 4. The molecule has 94 valence electrons. The summed E-state index contributed by atoms with van der Waals surface area (Å²) in [6.07, 6.45) is 1.10. The molecule has 0 radical (unpaired) electrons. The maximum atomic E-state index is 10.7. The number of ether oxygens (including phenoxy) is 1. The molecule has 7 heteroatoms. The molecule has 0 amide bonds. The van der Waals surface area contributed by atoms with Gasteiger partial charge in [0.1, 0.15) is 0 Å². The highest BCUT2D eigenvalue weighted by atomic mass is 16.5. The van der Waals surface area contributed by atoms with Gasteiger partial charge in [0.25, 0.3) is 0 Å². The highest BCUT2D eigenvalue weighted by Crippen LogP contribution is 2.28. The van der Waals surface area contributed by atoms with Gasteiger partial charge in [-0.2, -0.15) is 0 Å². The van der Waals surface area contributed by atoms with E-state index in [9.17, 15) is 4.79 Å². The van der Waals surface area contributed by atoms with E-state index in [1.807, 2.05) is 6.92 Å². The average molecular weight is 240 g/mol. The van der Waals surface area contributed by atoms with E-state index in [1.165, 1.54) is 0 Å². The third-order valence-electron chi connectivity index (χ3n) is 2.97. The molecule has 0 aromatic carbocycles. The first-order valence-electron chi connectivity index (χ1n) is 5.69. The molecule has 0 spiro atoms. The van der Waals surface area contributed by atoms with E-state index in [1.54, 1.807) is 11.6 Å². The largest absolute Gasteiger partial charge is 0.481 e. The molecule has 3 atom stereocenters. The molecule has 1 saturated heterocycles. The summed E-state index contributed by atoms with van der Waals surface area (Å²) in [5, 5.41) is 20.3. The first kappa shape index (κ1) is 12.0. The van der Waals surface area contributed by atoms with Crippen LogP contribution in [0.5, 0.6) is 0 Å². The van der Waals surface area contributed by atoms with Crippen molar-refractivity contribution >= 4 is 5.97 Å². The van der Waals surface area contributed by atoms with Gasteiger partial charge in [-0.05, 0) is 30.7 Å². The van der Waals surface area contributed by atoms with Crippen molar-refractivity contribution in [3.05, 3.63) is 5.82 Å². The van der Waals surface area contributed by atoms with Crippen molar-refractivity contribution in [1.29, 1.82) is 0 Å². The number of carboxylic acid groups (broad SMARTS) is 1. The molecule has 1 aromatic rings. The molecule has 17 heavy (non-hydrogen) atoms. The Morgan fingerprint density at radius 3 is 3.06 bits per heavy atom. The molecular formula is C10H16N4O3. The molecule has 0 aliphatic carbocycles. The minimum Gasteiger partial charge on any atom is -0.481 e. The second-order valence-corrected chi connectivity index (χ2v) is 4.51. The zero-order valence-electron chi connectivity index (χ0n) is 9.91. The number of tetrazole rings is 1. The molecule has 0 saturated carbocycles. The average Bonchev–Trinajstić information content (AvgIpc) is 2.83. The van der Waals surface area contributed by atoms with Crippen LogP contribution in [-0.4, -0.2) is 44.0 Å². The number of carboxylic acids is 1. The first-order chi connectivity index (χ1) is 8.08. The first-order valence-corrected chi connectivity index (χ1v) is 5.69. The predicted octanol–water partition coefficient (Wildman–Crippen LogP) is 0.601. The molecule has 1 N–H and O–H groups in total. The molecule has 0 bridgehead atoms. The molecule has 1 fully saturated rings. The minimum atomic E-state index is -0.852. The Kier molecular flexibility index (Phi) is 3.37. The van der Waals surface area contributed by atoms with Gasteiger partial charge in [-0.1, -0.05) is 0 Å². The van der Waals surface area contributed by atoms with Crippen LogP contribution < -0.4 is 0 Å². The number of nitrogens with zero attached hydrogens (tertiary/aromatic N) is 4. The minimum absolute atomic E-state index is 0.0151. The smallest absolute Gasteiger partial charge is 0.305 e. The molecule has 1 aliphatic heterocycles. The van der Waals surface area contributed by atoms with Crippen LogP contribution in [0.3, 0.4) is 0 Å². The van der Waals surface area contributed by atoms with Crippen molar-refractivity contribution in [3.63, 3.8) is 0 Å². The number of carbonyl (C=O) groups is 1. The third-order valence-corrected chi connectivity index (χ3v) is 2.97. The topological polar surface area (TPSA) is 90.1 Å². The Labute approximate surface area is 98.8 Å². The van der Waals surface area contributed by atoms with Crippen LogP contribution in [-0.2, 0) is 9.53 Å². The Morgan fingerprint density at radius 2 is 2.47 bits per heavy atom. The monoisotopic (exact) mass is 240 g/mol. The standard InChI is InChI=1S/C10H16N4O3/c1-6(3-9(15)16)14-10(11-12-13-14)8-4-7(2)17-5-8/h6-8H,3-5H2,1-2H3,(H,15,16). The van der Waals surface area contributed by atoms with Crippen molar-refractivity contribution < 1.29 is 14.6 Å². The summed E-state index contributed by atoms with van der Waals surface area (Å²) < 4.78 is 7.08. The van der Waals surface area contributed by atoms with Gasteiger partial charge in [0.15, 0.2) is 5.82 Å². The molecule has 2 heterocycles. The predicted molar refractivity (Wildman–Crippen MR) is 57.6 cm³/mol. The van der Waals surface area contributed by atoms with Crippen LogP contribution in [0, 0.1) is 0 Å². The quantitative estimate of drug-likeness (QED) is 0.828. The lowest BCUT2D eigenvalue weighted by molar-refractivity contribution is -0.137. The Morgan fingerprint density at radius 1 is 1.71 bits per heavy atom. The second kappa shape index (κ2) is 4.79. The van der Waals surface area contributed by atoms with Crippen molar-refractivity contribution in [2.75, 3.05) is 6.61 Å². The summed E-state index contributed by atoms with van der Waals surface area (Å²) in [6.45, 7) is 4.41. The van der Waals surface area contributed by atoms with Gasteiger partial charge >= 0.3 is 5.97 Å². The maximum absolute atomic E-state index is 10.7. The van der Waals surface area contributed by atoms with Gasteiger partial charge < -0.3 is 9.84 Å². The molecule has 7 nitrogen and oxygen atoms in total. The fraction of sp³-hybridized carbons (Fsp3) is 0.800. The van der Waals surface area contributed by atoms with Gasteiger partial charge in [-0.25, -0.2) is 4.68 Å². The zero-order valence-corrected chi connectivity index (χ0v) is 9.91. The van der Waals surface area contributed by atoms with Crippen molar-refractivity contribution in [3.8, 4) is 0 Å². The molecule has 2 rings (SSSR count). The summed E-state index contributed by atoms with van der Waals surface area (Å²) in [7, 11) is 0. The summed E-state index contributed by atoms with van der Waals surface area (Å²) in [6, 6.07) is -0.242. The van der Waals surface area contributed by atoms with E-state index in [0.717, 1.165) is 12.2 Å². The SMILES string of the molecule is CC1CC(c2nnnn2C(C)CC(=O)O)CO1. The lowest BCUT2D eigenvalue weighted by Gasteiger charge is -2.13. The van der Waals surface area contributed by atoms with Crippen LogP contribution in [0.25, 0.3) is 0 Å². The van der Waals surface area contributed by atoms with E-state index in [0.29, 0.717) is 6.61 Å². The van der Waals surface area contributed by atoms with Gasteiger partial charge in [0.2, 0.25) is 0 Å². The van der Waals surface area contributed by atoms with Gasteiger partial charge in [-0.15, -0.1) is 5.10 Å². The molecular weight excluding hydrogens is 224 g/mol. The van der Waals surface area contributed by atoms with Crippen LogP contribution >= 0.6 is 0 Å². The number of hydrogen-bond acceptors (Lipinski definition) is 5. The molecule has 1 aliphatic rings. The lowest BCUT2D eigenvalue weighted by atomic mass is 10.1. The van der Waals surface area contributed by atoms with E-state index < -0.39 is 5.97 Å². The van der Waals surface area contributed by atoms with E-state index >= 15 is 0 Å². The van der Waals surface area contributed by atoms with Crippen molar-refractivity contribution in [2.24, 2.45) is 0 Å². The maximum Gasteiger partial charge on any atom is 0.305 e. The van der Waals surface area contributed by atoms with Crippen LogP contribution in [0.4, 0.5) is 0 Å². The van der Waals surface area contributed by atoms with Crippen LogP contribution in [0.15, 0.2) is 0 Å². The van der Waals surface area contributed by atoms with Gasteiger partial charge in [0, 0.05) is 5.92 Å². The number of hydrogen-bond donors (Lipinski definition) is 1. The van der Waals surface area contributed by atoms with E-state index in [2.05, 4.69) is 15.5 Å². The summed E-state index contributed by atoms with van der Waals surface area (Å²) >= 11 is 0. The lowest BCUT2D eigenvalue weighted by Crippen LogP contribution is -2.17. The molecule has 1 aromatic heterocycles. The molecule has 3 unspecified atom stereocenters. The van der Waals surface area contributed by atoms with E-state index in [4.69, 9.17) is 9.84 Å². The normalized spacial score (nSPS) is 26.0. The fourth-order valence-electron chi connectivity index (χ4n) is 2.12. The van der Waals surface area contributed by atoms with Crippen molar-refractivity contribution in [1.82, 2.24) is 20.2 Å². The van der Waals surface area contributed by atoms with Crippen LogP contribution in [0.1, 0.15) is 44.5 Å². The summed E-state index contributed by atoms with van der Waals surface area (Å²) in [4.78, 5) is 10.7. The number of aliphatic carboxylic acids is 1. The summed E-state index contributed by atoms with van der Waals surface area (Å²) in [5.41, 5.74) is 0. The Hall–Kier alpha value is -1.50. The van der Waals surface area contributed by atoms with Crippen LogP contribution in [0.2, 0.25) is 0 Å². The zero-order chi connectivity index (χ0) is 12.4. The van der Waals surface area contributed by atoms with Gasteiger partial charge in [-0.3, -0.25) is 4.79 Å². The second-order valence-electron chi connectivity index (χ2n) is 4.51. The highest BCUT2D eigenvalue weighted by molar-refractivity contribution is 5.67. The third kappa shape index (κ3) is 2.60. The highest BCUT2D eigenvalue weighted by Gasteiger charge is 2.29. The van der Waals surface area contributed by atoms with Crippen molar-refractivity contribution in [2.45, 2.75) is 44.8 Å². The van der Waals surface area contributed by atoms with Gasteiger partial charge in [0.05, 0.1) is 25.2 Å². The Bertz CT molecular complexity index is 406. The van der Waals surface area contributed by atoms with E-state index in [-0.39, 0.29) is 24.5 Å².